The minimum Gasteiger partial charge on any atom is -0.481 e. The maximum Gasteiger partial charge on any atom is 0.303 e. The van der Waals surface area contributed by atoms with Crippen LogP contribution >= 0.6 is 0 Å². The van der Waals surface area contributed by atoms with Gasteiger partial charge in [-0.15, -0.1) is 0 Å². The van der Waals surface area contributed by atoms with E-state index in [2.05, 4.69) is 0 Å². The quantitative estimate of drug-likeness (QED) is 0.855. The van der Waals surface area contributed by atoms with Gasteiger partial charge in [0.2, 0.25) is 5.91 Å². The highest BCUT2D eigenvalue weighted by Gasteiger charge is 2.31. The molecule has 5 heteroatoms. The van der Waals surface area contributed by atoms with Crippen molar-refractivity contribution in [2.75, 3.05) is 19.7 Å². The molecule has 114 valence electrons. The first-order valence-corrected chi connectivity index (χ1v) is 7.68. The summed E-state index contributed by atoms with van der Waals surface area (Å²) in [5.74, 6) is -0.0510. The Morgan fingerprint density at radius 3 is 2.85 bits per heavy atom. The van der Waals surface area contributed by atoms with Crippen molar-refractivity contribution in [3.05, 3.63) is 0 Å². The molecule has 5 nitrogen and oxygen atoms in total. The lowest BCUT2D eigenvalue weighted by Crippen LogP contribution is -2.45. The van der Waals surface area contributed by atoms with Crippen LogP contribution in [0.1, 0.15) is 45.4 Å². The van der Waals surface area contributed by atoms with Crippen LogP contribution < -0.4 is 0 Å². The Kier molecular flexibility index (Phi) is 5.40. The molecule has 0 aromatic heterocycles. The fourth-order valence-electron chi connectivity index (χ4n) is 3.31. The van der Waals surface area contributed by atoms with Crippen LogP contribution in [0.5, 0.6) is 0 Å². The number of hydrogen-bond donors (Lipinski definition) is 1. The van der Waals surface area contributed by atoms with E-state index in [4.69, 9.17) is 9.84 Å². The Balaban J connectivity index is 1.84. The van der Waals surface area contributed by atoms with Crippen LogP contribution in [0, 0.1) is 11.8 Å². The summed E-state index contributed by atoms with van der Waals surface area (Å²) in [5, 5.41) is 8.76. The Morgan fingerprint density at radius 1 is 1.35 bits per heavy atom. The standard InChI is InChI=1S/C15H25NO4/c1-11-9-13(6-8-20-11)15(19)16-7-2-3-12(10-16)4-5-14(17)18/h11-13H,2-10H2,1H3,(H,17,18)/t11-,12-,13+/m1/s1. The molecule has 0 aromatic carbocycles. The topological polar surface area (TPSA) is 66.8 Å². The van der Waals surface area contributed by atoms with Crippen molar-refractivity contribution in [2.45, 2.75) is 51.6 Å². The summed E-state index contributed by atoms with van der Waals surface area (Å²) in [7, 11) is 0. The van der Waals surface area contributed by atoms with Crippen LogP contribution in [0.15, 0.2) is 0 Å². The highest BCUT2D eigenvalue weighted by molar-refractivity contribution is 5.79. The average Bonchev–Trinajstić information content (AvgIpc) is 2.44. The van der Waals surface area contributed by atoms with E-state index in [1.807, 2.05) is 11.8 Å². The van der Waals surface area contributed by atoms with Gasteiger partial charge in [-0.1, -0.05) is 0 Å². The molecule has 20 heavy (non-hydrogen) atoms. The largest absolute Gasteiger partial charge is 0.481 e. The summed E-state index contributed by atoms with van der Waals surface area (Å²) in [6, 6.07) is 0. The lowest BCUT2D eigenvalue weighted by Gasteiger charge is -2.36. The van der Waals surface area contributed by atoms with Gasteiger partial charge < -0.3 is 14.7 Å². The molecule has 2 aliphatic heterocycles. The number of aliphatic carboxylic acids is 1. The molecule has 2 fully saturated rings. The summed E-state index contributed by atoms with van der Waals surface area (Å²) >= 11 is 0. The van der Waals surface area contributed by atoms with Crippen LogP contribution in [-0.2, 0) is 14.3 Å². The summed E-state index contributed by atoms with van der Waals surface area (Å²) < 4.78 is 5.50. The number of piperidine rings is 1. The van der Waals surface area contributed by atoms with Crippen LogP contribution in [0.2, 0.25) is 0 Å². The van der Waals surface area contributed by atoms with Crippen molar-refractivity contribution < 1.29 is 19.4 Å². The van der Waals surface area contributed by atoms with Crippen molar-refractivity contribution in [1.29, 1.82) is 0 Å². The zero-order chi connectivity index (χ0) is 14.5. The third-order valence-corrected chi connectivity index (χ3v) is 4.43. The Labute approximate surface area is 120 Å². The van der Waals surface area contributed by atoms with Crippen molar-refractivity contribution in [1.82, 2.24) is 4.90 Å². The number of likely N-dealkylation sites (tertiary alicyclic amines) is 1. The third kappa shape index (κ3) is 4.20. The average molecular weight is 283 g/mol. The zero-order valence-electron chi connectivity index (χ0n) is 12.2. The van der Waals surface area contributed by atoms with E-state index in [1.54, 1.807) is 0 Å². The number of carboxylic acid groups (broad SMARTS) is 1. The van der Waals surface area contributed by atoms with E-state index in [9.17, 15) is 9.59 Å². The number of carbonyl (C=O) groups excluding carboxylic acids is 1. The second kappa shape index (κ2) is 7.07. The van der Waals surface area contributed by atoms with Crippen LogP contribution in [0.3, 0.4) is 0 Å². The number of carbonyl (C=O) groups is 2. The van der Waals surface area contributed by atoms with Gasteiger partial charge in [-0.25, -0.2) is 0 Å². The minimum atomic E-state index is -0.744. The molecule has 0 bridgehead atoms. The number of rotatable bonds is 4. The third-order valence-electron chi connectivity index (χ3n) is 4.43. The Bertz CT molecular complexity index is 358. The molecule has 0 aliphatic carbocycles. The second-order valence-electron chi connectivity index (χ2n) is 6.13. The molecule has 0 radical (unpaired) electrons. The molecule has 1 amide bonds. The van der Waals surface area contributed by atoms with E-state index < -0.39 is 5.97 Å². The van der Waals surface area contributed by atoms with Crippen LogP contribution in [0.25, 0.3) is 0 Å². The van der Waals surface area contributed by atoms with Gasteiger partial charge in [-0.05, 0) is 44.9 Å². The van der Waals surface area contributed by atoms with Crippen molar-refractivity contribution >= 4 is 11.9 Å². The second-order valence-corrected chi connectivity index (χ2v) is 6.13. The molecule has 0 aromatic rings. The number of hydrogen-bond acceptors (Lipinski definition) is 3. The zero-order valence-corrected chi connectivity index (χ0v) is 12.2. The van der Waals surface area contributed by atoms with Gasteiger partial charge in [0.1, 0.15) is 0 Å². The fraction of sp³-hybridized carbons (Fsp3) is 0.867. The molecule has 3 atom stereocenters. The van der Waals surface area contributed by atoms with E-state index in [0.717, 1.165) is 38.8 Å². The van der Waals surface area contributed by atoms with E-state index in [-0.39, 0.29) is 24.3 Å². The summed E-state index contributed by atoms with van der Waals surface area (Å²) in [6.45, 7) is 4.26. The number of amides is 1. The maximum atomic E-state index is 12.5. The first-order chi connectivity index (χ1) is 9.56. The van der Waals surface area contributed by atoms with E-state index >= 15 is 0 Å². The van der Waals surface area contributed by atoms with Crippen LogP contribution in [-0.4, -0.2) is 47.7 Å². The molecule has 2 heterocycles. The molecule has 0 unspecified atom stereocenters. The van der Waals surface area contributed by atoms with Gasteiger partial charge in [0.25, 0.3) is 0 Å². The highest BCUT2D eigenvalue weighted by Crippen LogP contribution is 2.26. The molecular weight excluding hydrogens is 258 g/mol. The van der Waals surface area contributed by atoms with E-state index in [1.165, 1.54) is 0 Å². The fourth-order valence-corrected chi connectivity index (χ4v) is 3.31. The van der Waals surface area contributed by atoms with Gasteiger partial charge in [0.15, 0.2) is 0 Å². The predicted octanol–water partition coefficient (Wildman–Crippen LogP) is 1.90. The predicted molar refractivity (Wildman–Crippen MR) is 74.3 cm³/mol. The van der Waals surface area contributed by atoms with Gasteiger partial charge in [-0.3, -0.25) is 9.59 Å². The van der Waals surface area contributed by atoms with Crippen molar-refractivity contribution in [2.24, 2.45) is 11.8 Å². The Hall–Kier alpha value is -1.10. The number of ether oxygens (including phenoxy) is 1. The normalized spacial score (nSPS) is 31.1. The molecule has 1 N–H and O–H groups in total. The van der Waals surface area contributed by atoms with Gasteiger partial charge >= 0.3 is 5.97 Å². The van der Waals surface area contributed by atoms with Gasteiger partial charge in [0, 0.05) is 32.0 Å². The number of carboxylic acids is 1. The lowest BCUT2D eigenvalue weighted by molar-refractivity contribution is -0.142. The molecule has 2 aliphatic rings. The SMILES string of the molecule is C[C@@H]1C[C@@H](C(=O)N2CCC[C@H](CCC(=O)O)C2)CCO1. The first kappa shape index (κ1) is 15.3. The van der Waals surface area contributed by atoms with Crippen molar-refractivity contribution in [3.63, 3.8) is 0 Å². The van der Waals surface area contributed by atoms with E-state index in [0.29, 0.717) is 18.9 Å². The summed E-state index contributed by atoms with van der Waals surface area (Å²) in [6.07, 6.45) is 4.74. The highest BCUT2D eigenvalue weighted by atomic mass is 16.5. The van der Waals surface area contributed by atoms with Gasteiger partial charge in [0.05, 0.1) is 6.10 Å². The van der Waals surface area contributed by atoms with Crippen LogP contribution in [0.4, 0.5) is 0 Å². The minimum absolute atomic E-state index is 0.0944. The van der Waals surface area contributed by atoms with Crippen molar-refractivity contribution in [3.8, 4) is 0 Å². The molecular formula is C15H25NO4. The molecule has 0 spiro atoms. The molecule has 2 saturated heterocycles. The first-order valence-electron chi connectivity index (χ1n) is 7.68. The van der Waals surface area contributed by atoms with Gasteiger partial charge in [-0.2, -0.15) is 0 Å². The number of nitrogens with zero attached hydrogens (tertiary/aromatic N) is 1. The smallest absolute Gasteiger partial charge is 0.303 e. The molecule has 0 saturated carbocycles. The molecule has 2 rings (SSSR count). The Morgan fingerprint density at radius 2 is 2.15 bits per heavy atom. The maximum absolute atomic E-state index is 12.5. The lowest BCUT2D eigenvalue weighted by atomic mass is 9.90. The summed E-state index contributed by atoms with van der Waals surface area (Å²) in [5.41, 5.74) is 0. The summed E-state index contributed by atoms with van der Waals surface area (Å²) in [4.78, 5) is 25.1. The monoisotopic (exact) mass is 283 g/mol.